The fourth-order valence-electron chi connectivity index (χ4n) is 1.72. The summed E-state index contributed by atoms with van der Waals surface area (Å²) >= 11 is 2.99. The van der Waals surface area contributed by atoms with Gasteiger partial charge in [-0.05, 0) is 6.92 Å². The molecule has 0 saturated heterocycles. The van der Waals surface area contributed by atoms with Gasteiger partial charge in [-0.15, -0.1) is 21.5 Å². The number of fused-ring (bicyclic) bond motifs is 1. The lowest BCUT2D eigenvalue weighted by molar-refractivity contribution is 0.788. The van der Waals surface area contributed by atoms with Gasteiger partial charge in [0.15, 0.2) is 10.1 Å². The van der Waals surface area contributed by atoms with Crippen molar-refractivity contribution in [3.8, 4) is 0 Å². The largest absolute Gasteiger partial charge is 0.312 e. The zero-order valence-electron chi connectivity index (χ0n) is 10.4. The van der Waals surface area contributed by atoms with E-state index in [0.29, 0.717) is 5.75 Å². The Morgan fingerprint density at radius 3 is 3.05 bits per heavy atom. The van der Waals surface area contributed by atoms with E-state index in [1.807, 2.05) is 23.9 Å². The molecule has 0 aromatic carbocycles. The highest BCUT2D eigenvalue weighted by Crippen LogP contribution is 2.19. The highest BCUT2D eigenvalue weighted by atomic mass is 32.2. The molecular formula is C11H11N5OS2. The first-order valence-electron chi connectivity index (χ1n) is 5.59. The van der Waals surface area contributed by atoms with Crippen LogP contribution in [0.2, 0.25) is 0 Å². The van der Waals surface area contributed by atoms with E-state index in [4.69, 9.17) is 0 Å². The van der Waals surface area contributed by atoms with Gasteiger partial charge >= 0.3 is 0 Å². The van der Waals surface area contributed by atoms with E-state index in [-0.39, 0.29) is 5.56 Å². The van der Waals surface area contributed by atoms with Crippen LogP contribution in [0, 0.1) is 6.92 Å². The van der Waals surface area contributed by atoms with Crippen LogP contribution < -0.4 is 5.56 Å². The molecule has 0 unspecified atom stereocenters. The summed E-state index contributed by atoms with van der Waals surface area (Å²) in [6.07, 6.45) is 1.65. The predicted octanol–water partition coefficient (Wildman–Crippen LogP) is 1.49. The number of aryl methyl sites for hydroxylation is 2. The number of rotatable bonds is 3. The van der Waals surface area contributed by atoms with Crippen LogP contribution in [0.15, 0.2) is 27.7 Å². The molecule has 0 aliphatic carbocycles. The van der Waals surface area contributed by atoms with E-state index in [2.05, 4.69) is 15.2 Å². The van der Waals surface area contributed by atoms with Crippen LogP contribution in [-0.4, -0.2) is 24.1 Å². The van der Waals surface area contributed by atoms with Crippen molar-refractivity contribution < 1.29 is 0 Å². The van der Waals surface area contributed by atoms with Gasteiger partial charge < -0.3 is 4.57 Å². The average molecular weight is 293 g/mol. The number of nitrogens with zero attached hydrogens (tertiary/aromatic N) is 5. The molecule has 0 atom stereocenters. The molecule has 0 saturated carbocycles. The average Bonchev–Trinajstić information content (AvgIpc) is 2.94. The van der Waals surface area contributed by atoms with E-state index in [1.54, 1.807) is 16.8 Å². The minimum absolute atomic E-state index is 0.0303. The minimum atomic E-state index is -0.0303. The van der Waals surface area contributed by atoms with Gasteiger partial charge in [-0.1, -0.05) is 11.8 Å². The van der Waals surface area contributed by atoms with E-state index in [9.17, 15) is 4.79 Å². The molecule has 3 aromatic rings. The fourth-order valence-corrected chi connectivity index (χ4v) is 3.39. The highest BCUT2D eigenvalue weighted by Gasteiger charge is 2.08. The standard InChI is InChI=1S/C11H11N5OS2/c1-7-4-18-10-13-8(3-9(17)16(7)10)5-19-11-14-12-6-15(11)2/h3-4,6H,5H2,1-2H3. The number of thioether (sulfide) groups is 1. The number of aromatic nitrogens is 5. The zero-order chi connectivity index (χ0) is 13.4. The van der Waals surface area contributed by atoms with Crippen molar-refractivity contribution in [1.82, 2.24) is 24.1 Å². The Kier molecular flexibility index (Phi) is 3.11. The lowest BCUT2D eigenvalue weighted by Crippen LogP contribution is -2.14. The van der Waals surface area contributed by atoms with Crippen LogP contribution >= 0.6 is 23.1 Å². The molecule has 0 bridgehead atoms. The monoisotopic (exact) mass is 293 g/mol. The molecule has 3 rings (SSSR count). The Morgan fingerprint density at radius 2 is 2.32 bits per heavy atom. The smallest absolute Gasteiger partial charge is 0.258 e. The summed E-state index contributed by atoms with van der Waals surface area (Å²) in [6, 6.07) is 1.58. The number of hydrogen-bond acceptors (Lipinski definition) is 6. The van der Waals surface area contributed by atoms with Crippen molar-refractivity contribution in [3.63, 3.8) is 0 Å². The van der Waals surface area contributed by atoms with Gasteiger partial charge in [0.1, 0.15) is 6.33 Å². The Bertz CT molecular complexity index is 788. The van der Waals surface area contributed by atoms with E-state index >= 15 is 0 Å². The Hall–Kier alpha value is -1.67. The maximum Gasteiger partial charge on any atom is 0.258 e. The number of thiazole rings is 1. The van der Waals surface area contributed by atoms with Crippen LogP contribution in [0.5, 0.6) is 0 Å². The Labute approximate surface area is 117 Å². The van der Waals surface area contributed by atoms with Crippen molar-refractivity contribution in [1.29, 1.82) is 0 Å². The van der Waals surface area contributed by atoms with Crippen LogP contribution in [0.1, 0.15) is 11.4 Å². The summed E-state index contributed by atoms with van der Waals surface area (Å²) in [5.41, 5.74) is 1.65. The van der Waals surface area contributed by atoms with Gasteiger partial charge in [0.2, 0.25) is 0 Å². The lowest BCUT2D eigenvalue weighted by Gasteiger charge is -2.01. The molecule has 0 amide bonds. The van der Waals surface area contributed by atoms with Crippen molar-refractivity contribution >= 4 is 28.1 Å². The molecular weight excluding hydrogens is 282 g/mol. The van der Waals surface area contributed by atoms with Crippen molar-refractivity contribution in [2.24, 2.45) is 7.05 Å². The second-order valence-electron chi connectivity index (χ2n) is 4.09. The molecule has 0 N–H and O–H groups in total. The molecule has 3 heterocycles. The minimum Gasteiger partial charge on any atom is -0.312 e. The van der Waals surface area contributed by atoms with E-state index < -0.39 is 0 Å². The normalized spacial score (nSPS) is 11.3. The topological polar surface area (TPSA) is 65.1 Å². The Morgan fingerprint density at radius 1 is 1.47 bits per heavy atom. The van der Waals surface area contributed by atoms with Gasteiger partial charge in [0, 0.05) is 29.9 Å². The third-order valence-electron chi connectivity index (χ3n) is 2.65. The molecule has 98 valence electrons. The van der Waals surface area contributed by atoms with Crippen molar-refractivity contribution in [3.05, 3.63) is 39.5 Å². The van der Waals surface area contributed by atoms with E-state index in [0.717, 1.165) is 21.5 Å². The highest BCUT2D eigenvalue weighted by molar-refractivity contribution is 7.98. The van der Waals surface area contributed by atoms with Crippen LogP contribution in [0.4, 0.5) is 0 Å². The lowest BCUT2D eigenvalue weighted by atomic mass is 10.4. The quantitative estimate of drug-likeness (QED) is 0.684. The Balaban J connectivity index is 1.90. The summed E-state index contributed by atoms with van der Waals surface area (Å²) in [6.45, 7) is 1.90. The van der Waals surface area contributed by atoms with E-state index in [1.165, 1.54) is 23.1 Å². The third-order valence-corrected chi connectivity index (χ3v) is 4.66. The number of hydrogen-bond donors (Lipinski definition) is 0. The first kappa shape index (κ1) is 12.4. The third kappa shape index (κ3) is 2.28. The summed E-state index contributed by atoms with van der Waals surface area (Å²) in [5.74, 6) is 0.606. The maximum atomic E-state index is 12.0. The molecule has 0 aliphatic rings. The van der Waals surface area contributed by atoms with Crippen LogP contribution in [-0.2, 0) is 12.8 Å². The summed E-state index contributed by atoms with van der Waals surface area (Å²) in [5, 5.41) is 10.5. The van der Waals surface area contributed by atoms with Crippen molar-refractivity contribution in [2.75, 3.05) is 0 Å². The van der Waals surface area contributed by atoms with Crippen LogP contribution in [0.3, 0.4) is 0 Å². The summed E-state index contributed by atoms with van der Waals surface area (Å²) in [4.78, 5) is 17.2. The summed E-state index contributed by atoms with van der Waals surface area (Å²) < 4.78 is 3.46. The maximum absolute atomic E-state index is 12.0. The molecule has 19 heavy (non-hydrogen) atoms. The first-order chi connectivity index (χ1) is 9.15. The van der Waals surface area contributed by atoms with Gasteiger partial charge in [0.25, 0.3) is 5.56 Å². The summed E-state index contributed by atoms with van der Waals surface area (Å²) in [7, 11) is 1.89. The van der Waals surface area contributed by atoms with Gasteiger partial charge in [-0.2, -0.15) is 0 Å². The van der Waals surface area contributed by atoms with Gasteiger partial charge in [-0.25, -0.2) is 4.98 Å². The molecule has 0 spiro atoms. The SMILES string of the molecule is Cc1csc2nc(CSc3nncn3C)cc(=O)n12. The molecule has 0 radical (unpaired) electrons. The zero-order valence-corrected chi connectivity index (χ0v) is 12.0. The fraction of sp³-hybridized carbons (Fsp3) is 0.273. The van der Waals surface area contributed by atoms with Crippen molar-refractivity contribution in [2.45, 2.75) is 17.8 Å². The molecule has 8 heteroatoms. The molecule has 0 aliphatic heterocycles. The van der Waals surface area contributed by atoms with Gasteiger partial charge in [0.05, 0.1) is 5.69 Å². The second-order valence-corrected chi connectivity index (χ2v) is 5.87. The second kappa shape index (κ2) is 4.78. The van der Waals surface area contributed by atoms with Crippen LogP contribution in [0.25, 0.3) is 4.96 Å². The predicted molar refractivity (Wildman–Crippen MR) is 74.6 cm³/mol. The first-order valence-corrected chi connectivity index (χ1v) is 7.45. The molecule has 6 nitrogen and oxygen atoms in total. The van der Waals surface area contributed by atoms with Gasteiger partial charge in [-0.3, -0.25) is 9.20 Å². The molecule has 0 fully saturated rings. The molecule has 3 aromatic heterocycles.